The van der Waals surface area contributed by atoms with Gasteiger partial charge in [-0.3, -0.25) is 4.79 Å². The van der Waals surface area contributed by atoms with E-state index < -0.39 is 12.0 Å². The molecule has 0 spiro atoms. The molecule has 0 radical (unpaired) electrons. The van der Waals surface area contributed by atoms with Gasteiger partial charge >= 0.3 is 5.97 Å². The van der Waals surface area contributed by atoms with Crippen LogP contribution in [-0.4, -0.2) is 17.1 Å². The van der Waals surface area contributed by atoms with Gasteiger partial charge < -0.3 is 15.6 Å². The molecule has 0 saturated carbocycles. The predicted molar refractivity (Wildman–Crippen MR) is 91.0 cm³/mol. The smallest absolute Gasteiger partial charge is 0.320 e. The molecule has 0 aliphatic rings. The molecule has 4 nitrogen and oxygen atoms in total. The highest BCUT2D eigenvalue weighted by Gasteiger charge is 2.14. The molecule has 0 aromatic heterocycles. The minimum Gasteiger partial charge on any atom is -0.480 e. The molecule has 4 heteroatoms. The fraction of sp³-hybridized carbons (Fsp3) is 0.316. The van der Waals surface area contributed by atoms with Crippen molar-refractivity contribution in [3.63, 3.8) is 0 Å². The Morgan fingerprint density at radius 2 is 1.78 bits per heavy atom. The number of hydrogen-bond donors (Lipinski definition) is 2. The van der Waals surface area contributed by atoms with Crippen molar-refractivity contribution >= 4 is 5.97 Å². The Balaban J connectivity index is 2.10. The number of aliphatic carboxylic acids is 1. The summed E-state index contributed by atoms with van der Waals surface area (Å²) in [7, 11) is 0. The lowest BCUT2D eigenvalue weighted by molar-refractivity contribution is -0.138. The number of carboxylic acids is 1. The van der Waals surface area contributed by atoms with Crippen molar-refractivity contribution in [2.24, 2.45) is 5.73 Å². The fourth-order valence-electron chi connectivity index (χ4n) is 2.24. The van der Waals surface area contributed by atoms with Gasteiger partial charge in [-0.2, -0.15) is 0 Å². The molecule has 0 aliphatic heterocycles. The molecule has 3 N–H and O–H groups in total. The van der Waals surface area contributed by atoms with Crippen LogP contribution in [0.1, 0.15) is 31.9 Å². The first-order chi connectivity index (χ1) is 10.8. The third kappa shape index (κ3) is 4.83. The maximum absolute atomic E-state index is 10.8. The molecule has 0 saturated heterocycles. The van der Waals surface area contributed by atoms with Crippen LogP contribution in [0.5, 0.6) is 11.5 Å². The average Bonchev–Trinajstić information content (AvgIpc) is 2.47. The Morgan fingerprint density at radius 3 is 2.35 bits per heavy atom. The Labute approximate surface area is 136 Å². The van der Waals surface area contributed by atoms with Crippen molar-refractivity contribution in [2.45, 2.75) is 38.6 Å². The number of carbonyl (C=O) groups is 1. The second-order valence-corrected chi connectivity index (χ2v) is 6.67. The lowest BCUT2D eigenvalue weighted by Crippen LogP contribution is -2.32. The van der Waals surface area contributed by atoms with Gasteiger partial charge in [-0.15, -0.1) is 0 Å². The van der Waals surface area contributed by atoms with E-state index in [0.717, 1.165) is 11.3 Å². The van der Waals surface area contributed by atoms with Gasteiger partial charge in [0.05, 0.1) is 0 Å². The van der Waals surface area contributed by atoms with Gasteiger partial charge in [0.15, 0.2) is 0 Å². The fourth-order valence-corrected chi connectivity index (χ4v) is 2.24. The van der Waals surface area contributed by atoms with Crippen LogP contribution in [0.25, 0.3) is 0 Å². The van der Waals surface area contributed by atoms with Crippen molar-refractivity contribution in [3.8, 4) is 11.5 Å². The summed E-state index contributed by atoms with van der Waals surface area (Å²) in [6.45, 7) is 6.49. The standard InChI is InChI=1S/C19H23NO3/c1-19(2,3)14-7-9-15(10-8-14)23-16-6-4-5-13(11-16)12-17(20)18(21)22/h4-11,17H,12,20H2,1-3H3,(H,21,22). The topological polar surface area (TPSA) is 72.5 Å². The third-order valence-corrected chi connectivity index (χ3v) is 3.63. The summed E-state index contributed by atoms with van der Waals surface area (Å²) in [4.78, 5) is 10.8. The normalized spacial score (nSPS) is 12.7. The van der Waals surface area contributed by atoms with Gasteiger partial charge in [-0.1, -0.05) is 45.0 Å². The number of benzene rings is 2. The van der Waals surface area contributed by atoms with E-state index in [1.54, 1.807) is 0 Å². The quantitative estimate of drug-likeness (QED) is 0.882. The minimum atomic E-state index is -1.01. The summed E-state index contributed by atoms with van der Waals surface area (Å²) >= 11 is 0. The summed E-state index contributed by atoms with van der Waals surface area (Å²) < 4.78 is 5.84. The zero-order chi connectivity index (χ0) is 17.0. The van der Waals surface area contributed by atoms with Crippen LogP contribution in [0, 0.1) is 0 Å². The maximum atomic E-state index is 10.8. The molecule has 1 atom stereocenters. The van der Waals surface area contributed by atoms with E-state index in [1.165, 1.54) is 5.56 Å². The number of ether oxygens (including phenoxy) is 1. The van der Waals surface area contributed by atoms with Crippen molar-refractivity contribution in [1.29, 1.82) is 0 Å². The van der Waals surface area contributed by atoms with Crippen molar-refractivity contribution in [3.05, 3.63) is 59.7 Å². The van der Waals surface area contributed by atoms with E-state index in [1.807, 2.05) is 36.4 Å². The zero-order valence-corrected chi connectivity index (χ0v) is 13.7. The molecule has 2 aromatic rings. The second kappa shape index (κ2) is 6.84. The maximum Gasteiger partial charge on any atom is 0.320 e. The highest BCUT2D eigenvalue weighted by atomic mass is 16.5. The number of nitrogens with two attached hydrogens (primary N) is 1. The van der Waals surface area contributed by atoms with Gasteiger partial charge in [0, 0.05) is 0 Å². The molecule has 2 aromatic carbocycles. The van der Waals surface area contributed by atoms with Crippen LogP contribution in [0.2, 0.25) is 0 Å². The Morgan fingerprint density at radius 1 is 1.13 bits per heavy atom. The molecule has 23 heavy (non-hydrogen) atoms. The van der Waals surface area contributed by atoms with Crippen molar-refractivity contribution in [1.82, 2.24) is 0 Å². The largest absolute Gasteiger partial charge is 0.480 e. The second-order valence-electron chi connectivity index (χ2n) is 6.67. The monoisotopic (exact) mass is 313 g/mol. The van der Waals surface area contributed by atoms with Gasteiger partial charge in [0.2, 0.25) is 0 Å². The van der Waals surface area contributed by atoms with Crippen LogP contribution >= 0.6 is 0 Å². The molecular formula is C19H23NO3. The van der Waals surface area contributed by atoms with Crippen LogP contribution < -0.4 is 10.5 Å². The van der Waals surface area contributed by atoms with Crippen LogP contribution in [0.15, 0.2) is 48.5 Å². The summed E-state index contributed by atoms with van der Waals surface area (Å²) in [6.07, 6.45) is 0.273. The van der Waals surface area contributed by atoms with E-state index in [9.17, 15) is 4.79 Å². The average molecular weight is 313 g/mol. The van der Waals surface area contributed by atoms with Crippen molar-refractivity contribution in [2.75, 3.05) is 0 Å². The molecule has 2 rings (SSSR count). The molecule has 1 unspecified atom stereocenters. The summed E-state index contributed by atoms with van der Waals surface area (Å²) in [6, 6.07) is 14.4. The third-order valence-electron chi connectivity index (χ3n) is 3.63. The van der Waals surface area contributed by atoms with Gasteiger partial charge in [-0.25, -0.2) is 0 Å². The first-order valence-corrected chi connectivity index (χ1v) is 7.61. The van der Waals surface area contributed by atoms with Gasteiger partial charge in [0.1, 0.15) is 17.5 Å². The van der Waals surface area contributed by atoms with E-state index >= 15 is 0 Å². The summed E-state index contributed by atoms with van der Waals surface area (Å²) in [5.41, 5.74) is 7.75. The molecule has 0 fully saturated rings. The van der Waals surface area contributed by atoms with E-state index in [4.69, 9.17) is 15.6 Å². The molecule has 0 bridgehead atoms. The van der Waals surface area contributed by atoms with E-state index in [0.29, 0.717) is 5.75 Å². The van der Waals surface area contributed by atoms with E-state index in [-0.39, 0.29) is 11.8 Å². The Bertz CT molecular complexity index is 672. The van der Waals surface area contributed by atoms with Gasteiger partial charge in [-0.05, 0) is 47.2 Å². The zero-order valence-electron chi connectivity index (χ0n) is 13.7. The van der Waals surface area contributed by atoms with Gasteiger partial charge in [0.25, 0.3) is 0 Å². The highest BCUT2D eigenvalue weighted by Crippen LogP contribution is 2.27. The van der Waals surface area contributed by atoms with Crippen LogP contribution in [0.4, 0.5) is 0 Å². The summed E-state index contributed by atoms with van der Waals surface area (Å²) in [5, 5.41) is 8.88. The van der Waals surface area contributed by atoms with Crippen LogP contribution in [-0.2, 0) is 16.6 Å². The lowest BCUT2D eigenvalue weighted by atomic mass is 9.87. The molecular weight excluding hydrogens is 290 g/mol. The number of hydrogen-bond acceptors (Lipinski definition) is 3. The first-order valence-electron chi connectivity index (χ1n) is 7.61. The molecule has 0 amide bonds. The minimum absolute atomic E-state index is 0.103. The van der Waals surface area contributed by atoms with Crippen LogP contribution in [0.3, 0.4) is 0 Å². The summed E-state index contributed by atoms with van der Waals surface area (Å²) in [5.74, 6) is 0.412. The molecule has 0 aliphatic carbocycles. The number of rotatable bonds is 5. The predicted octanol–water partition coefficient (Wildman–Crippen LogP) is 3.73. The highest BCUT2D eigenvalue weighted by molar-refractivity contribution is 5.73. The SMILES string of the molecule is CC(C)(C)c1ccc(Oc2cccc(CC(N)C(=O)O)c2)cc1. The Hall–Kier alpha value is -2.33. The lowest BCUT2D eigenvalue weighted by Gasteiger charge is -2.19. The first kappa shape index (κ1) is 17.0. The van der Waals surface area contributed by atoms with Crippen molar-refractivity contribution < 1.29 is 14.6 Å². The Kier molecular flexibility index (Phi) is 5.06. The van der Waals surface area contributed by atoms with E-state index in [2.05, 4.69) is 32.9 Å². The molecule has 122 valence electrons. The molecule has 0 heterocycles. The number of carboxylic acid groups (broad SMARTS) is 1.